The lowest BCUT2D eigenvalue weighted by Gasteiger charge is -2.07. The second-order valence-corrected chi connectivity index (χ2v) is 5.37. The second kappa shape index (κ2) is 5.07. The number of H-pyrrole nitrogens is 1. The number of nitrogens with zero attached hydrogens (tertiary/aromatic N) is 2. The summed E-state index contributed by atoms with van der Waals surface area (Å²) in [5, 5.41) is 4.10. The van der Waals surface area contributed by atoms with E-state index in [9.17, 15) is 4.39 Å². The van der Waals surface area contributed by atoms with Gasteiger partial charge in [0.1, 0.15) is 23.2 Å². The lowest BCUT2D eigenvalue weighted by molar-refractivity contribution is 0.607. The SMILES string of the molecule is CC(C)CCNc1ncnc2c1[nH]c1ccc(F)cc12. The van der Waals surface area contributed by atoms with Crippen molar-refractivity contribution in [1.82, 2.24) is 15.0 Å². The number of aromatic amines is 1. The molecule has 0 amide bonds. The van der Waals surface area contributed by atoms with Gasteiger partial charge in [-0.05, 0) is 30.5 Å². The number of anilines is 1. The van der Waals surface area contributed by atoms with Crippen LogP contribution in [0.3, 0.4) is 0 Å². The molecule has 0 radical (unpaired) electrons. The molecule has 1 aromatic carbocycles. The highest BCUT2D eigenvalue weighted by molar-refractivity contribution is 6.07. The number of benzene rings is 1. The van der Waals surface area contributed by atoms with E-state index in [0.29, 0.717) is 5.92 Å². The minimum Gasteiger partial charge on any atom is -0.368 e. The molecule has 3 rings (SSSR count). The molecule has 0 spiro atoms. The average molecular weight is 272 g/mol. The lowest BCUT2D eigenvalue weighted by Crippen LogP contribution is -2.06. The summed E-state index contributed by atoms with van der Waals surface area (Å²) in [4.78, 5) is 11.8. The summed E-state index contributed by atoms with van der Waals surface area (Å²) in [6.45, 7) is 5.22. The zero-order chi connectivity index (χ0) is 14.1. The number of hydrogen-bond donors (Lipinski definition) is 2. The van der Waals surface area contributed by atoms with Crippen LogP contribution in [0, 0.1) is 11.7 Å². The molecule has 0 saturated carbocycles. The molecular formula is C15H17FN4. The molecule has 0 unspecified atom stereocenters. The molecule has 4 nitrogen and oxygen atoms in total. The fourth-order valence-electron chi connectivity index (χ4n) is 2.28. The first-order chi connectivity index (χ1) is 9.65. The van der Waals surface area contributed by atoms with Crippen LogP contribution < -0.4 is 5.32 Å². The van der Waals surface area contributed by atoms with Crippen molar-refractivity contribution in [2.24, 2.45) is 5.92 Å². The monoisotopic (exact) mass is 272 g/mol. The van der Waals surface area contributed by atoms with Gasteiger partial charge in [-0.15, -0.1) is 0 Å². The number of rotatable bonds is 4. The van der Waals surface area contributed by atoms with Crippen molar-refractivity contribution in [3.63, 3.8) is 0 Å². The highest BCUT2D eigenvalue weighted by Crippen LogP contribution is 2.27. The molecule has 20 heavy (non-hydrogen) atoms. The van der Waals surface area contributed by atoms with Crippen LogP contribution in [0.15, 0.2) is 24.5 Å². The van der Waals surface area contributed by atoms with Crippen LogP contribution in [-0.4, -0.2) is 21.5 Å². The van der Waals surface area contributed by atoms with Crippen molar-refractivity contribution in [2.45, 2.75) is 20.3 Å². The Labute approximate surface area is 116 Å². The van der Waals surface area contributed by atoms with Crippen LogP contribution in [0.25, 0.3) is 21.9 Å². The summed E-state index contributed by atoms with van der Waals surface area (Å²) in [5.41, 5.74) is 2.45. The molecule has 0 aliphatic carbocycles. The molecule has 104 valence electrons. The first kappa shape index (κ1) is 12.8. The fraction of sp³-hybridized carbons (Fsp3) is 0.333. The zero-order valence-corrected chi connectivity index (χ0v) is 11.6. The number of nitrogens with one attached hydrogen (secondary N) is 2. The third-order valence-corrected chi connectivity index (χ3v) is 3.36. The van der Waals surface area contributed by atoms with E-state index in [1.165, 1.54) is 18.5 Å². The first-order valence-corrected chi connectivity index (χ1v) is 6.81. The van der Waals surface area contributed by atoms with Crippen LogP contribution in [0.5, 0.6) is 0 Å². The number of aromatic nitrogens is 3. The Morgan fingerprint density at radius 3 is 2.95 bits per heavy atom. The normalized spacial score (nSPS) is 11.6. The van der Waals surface area contributed by atoms with E-state index in [1.807, 2.05) is 0 Å². The van der Waals surface area contributed by atoms with Crippen LogP contribution in [-0.2, 0) is 0 Å². The van der Waals surface area contributed by atoms with Gasteiger partial charge in [-0.3, -0.25) is 0 Å². The second-order valence-electron chi connectivity index (χ2n) is 5.37. The van der Waals surface area contributed by atoms with Crippen molar-refractivity contribution in [3.8, 4) is 0 Å². The maximum absolute atomic E-state index is 13.4. The fourth-order valence-corrected chi connectivity index (χ4v) is 2.28. The summed E-state index contributed by atoms with van der Waals surface area (Å²) in [7, 11) is 0. The summed E-state index contributed by atoms with van der Waals surface area (Å²) < 4.78 is 13.4. The van der Waals surface area contributed by atoms with Gasteiger partial charge in [0.2, 0.25) is 0 Å². The Morgan fingerprint density at radius 2 is 2.15 bits per heavy atom. The van der Waals surface area contributed by atoms with Gasteiger partial charge in [-0.25, -0.2) is 14.4 Å². The number of hydrogen-bond acceptors (Lipinski definition) is 3. The average Bonchev–Trinajstić information content (AvgIpc) is 2.77. The van der Waals surface area contributed by atoms with Gasteiger partial charge in [0.15, 0.2) is 5.82 Å². The maximum Gasteiger partial charge on any atom is 0.153 e. The molecule has 0 bridgehead atoms. The Kier molecular flexibility index (Phi) is 3.26. The molecule has 3 aromatic rings. The van der Waals surface area contributed by atoms with Crippen LogP contribution >= 0.6 is 0 Å². The Bertz CT molecular complexity index is 748. The van der Waals surface area contributed by atoms with Crippen LogP contribution in [0.2, 0.25) is 0 Å². The smallest absolute Gasteiger partial charge is 0.153 e. The van der Waals surface area contributed by atoms with Gasteiger partial charge in [0.25, 0.3) is 0 Å². The Balaban J connectivity index is 2.03. The minimum absolute atomic E-state index is 0.258. The summed E-state index contributed by atoms with van der Waals surface area (Å²) in [5.74, 6) is 1.15. The topological polar surface area (TPSA) is 53.6 Å². The highest BCUT2D eigenvalue weighted by atomic mass is 19.1. The van der Waals surface area contributed by atoms with E-state index >= 15 is 0 Å². The number of fused-ring (bicyclic) bond motifs is 3. The largest absolute Gasteiger partial charge is 0.368 e. The van der Waals surface area contributed by atoms with E-state index < -0.39 is 0 Å². The predicted octanol–water partition coefficient (Wildman–Crippen LogP) is 3.71. The van der Waals surface area contributed by atoms with Crippen molar-refractivity contribution in [2.75, 3.05) is 11.9 Å². The standard InChI is InChI=1S/C15H17FN4/c1-9(2)5-6-17-15-14-13(18-8-19-15)11-7-10(16)3-4-12(11)20-14/h3-4,7-9,20H,5-6H2,1-2H3,(H,17,18,19). The molecular weight excluding hydrogens is 255 g/mol. The zero-order valence-electron chi connectivity index (χ0n) is 11.6. The van der Waals surface area contributed by atoms with E-state index in [0.717, 1.165) is 40.7 Å². The first-order valence-electron chi connectivity index (χ1n) is 6.81. The molecule has 2 N–H and O–H groups in total. The van der Waals surface area contributed by atoms with Gasteiger partial charge >= 0.3 is 0 Å². The summed E-state index contributed by atoms with van der Waals surface area (Å²) in [6, 6.07) is 4.67. The van der Waals surface area contributed by atoms with Crippen molar-refractivity contribution >= 4 is 27.8 Å². The quantitative estimate of drug-likeness (QED) is 0.761. The molecule has 0 atom stereocenters. The molecule has 0 saturated heterocycles. The Hall–Kier alpha value is -2.17. The third-order valence-electron chi connectivity index (χ3n) is 3.36. The predicted molar refractivity (Wildman–Crippen MR) is 79.3 cm³/mol. The summed E-state index contributed by atoms with van der Waals surface area (Å²) in [6.07, 6.45) is 2.58. The van der Waals surface area contributed by atoms with Crippen molar-refractivity contribution in [3.05, 3.63) is 30.3 Å². The van der Waals surface area contributed by atoms with Crippen LogP contribution in [0.4, 0.5) is 10.2 Å². The molecule has 0 aliphatic heterocycles. The Morgan fingerprint density at radius 1 is 1.30 bits per heavy atom. The molecule has 0 fully saturated rings. The third kappa shape index (κ3) is 2.31. The van der Waals surface area contributed by atoms with E-state index in [1.54, 1.807) is 6.07 Å². The number of halogens is 1. The van der Waals surface area contributed by atoms with Gasteiger partial charge in [0.05, 0.1) is 0 Å². The van der Waals surface area contributed by atoms with Crippen molar-refractivity contribution in [1.29, 1.82) is 0 Å². The molecule has 5 heteroatoms. The van der Waals surface area contributed by atoms with E-state index in [4.69, 9.17) is 0 Å². The molecule has 2 aromatic heterocycles. The maximum atomic E-state index is 13.4. The van der Waals surface area contributed by atoms with Gasteiger partial charge in [-0.1, -0.05) is 13.8 Å². The highest BCUT2D eigenvalue weighted by Gasteiger charge is 2.10. The van der Waals surface area contributed by atoms with Crippen LogP contribution in [0.1, 0.15) is 20.3 Å². The van der Waals surface area contributed by atoms with Crippen molar-refractivity contribution < 1.29 is 4.39 Å². The minimum atomic E-state index is -0.258. The van der Waals surface area contributed by atoms with E-state index in [-0.39, 0.29) is 5.82 Å². The van der Waals surface area contributed by atoms with E-state index in [2.05, 4.69) is 34.1 Å². The van der Waals surface area contributed by atoms with Gasteiger partial charge < -0.3 is 10.3 Å². The lowest BCUT2D eigenvalue weighted by atomic mass is 10.1. The molecule has 0 aliphatic rings. The van der Waals surface area contributed by atoms with Gasteiger partial charge in [-0.2, -0.15) is 0 Å². The van der Waals surface area contributed by atoms with Gasteiger partial charge in [0, 0.05) is 17.4 Å². The molecule has 2 heterocycles. The summed E-state index contributed by atoms with van der Waals surface area (Å²) >= 11 is 0.